The van der Waals surface area contributed by atoms with Crippen LogP contribution in [0.1, 0.15) is 44.7 Å². The summed E-state index contributed by atoms with van der Waals surface area (Å²) in [5, 5.41) is 0. The highest BCUT2D eigenvalue weighted by atomic mass is 16.5. The predicted octanol–water partition coefficient (Wildman–Crippen LogP) is 2.95. The predicted molar refractivity (Wildman–Crippen MR) is 71.0 cm³/mol. The third-order valence-corrected chi connectivity index (χ3v) is 4.33. The summed E-state index contributed by atoms with van der Waals surface area (Å²) in [6.07, 6.45) is 2.44. The van der Waals surface area contributed by atoms with Gasteiger partial charge in [-0.2, -0.15) is 0 Å². The van der Waals surface area contributed by atoms with Gasteiger partial charge in [0.15, 0.2) is 0 Å². The highest BCUT2D eigenvalue weighted by Gasteiger charge is 2.47. The Bertz CT molecular complexity index is 388. The summed E-state index contributed by atoms with van der Waals surface area (Å²) in [6.45, 7) is 6.28. The van der Waals surface area contributed by atoms with Crippen LogP contribution in [-0.4, -0.2) is 13.2 Å². The molecule has 1 saturated carbocycles. The lowest BCUT2D eigenvalue weighted by Crippen LogP contribution is -2.31. The van der Waals surface area contributed by atoms with Gasteiger partial charge in [0.1, 0.15) is 0 Å². The molecule has 2 nitrogen and oxygen atoms in total. The lowest BCUT2D eigenvalue weighted by molar-refractivity contribution is 0.0192. The molecule has 0 saturated heterocycles. The number of ether oxygens (including phenoxy) is 1. The Hall–Kier alpha value is -0.860. The lowest BCUT2D eigenvalue weighted by atomic mass is 9.87. The maximum atomic E-state index is 6.09. The topological polar surface area (TPSA) is 35.2 Å². The number of methoxy groups -OCH3 is 1. The van der Waals surface area contributed by atoms with Crippen LogP contribution in [0, 0.1) is 0 Å². The van der Waals surface area contributed by atoms with Gasteiger partial charge in [0, 0.05) is 18.6 Å². The first-order chi connectivity index (χ1) is 7.92. The van der Waals surface area contributed by atoms with Crippen LogP contribution in [0.4, 0.5) is 0 Å². The normalized spacial score (nSPS) is 20.1. The summed E-state index contributed by atoms with van der Waals surface area (Å²) >= 11 is 0. The van der Waals surface area contributed by atoms with Gasteiger partial charge in [-0.25, -0.2) is 0 Å². The minimum atomic E-state index is -0.219. The second-order valence-electron chi connectivity index (χ2n) is 5.74. The lowest BCUT2D eigenvalue weighted by Gasteiger charge is -2.25. The largest absolute Gasteiger partial charge is 0.374 e. The van der Waals surface area contributed by atoms with Crippen molar-refractivity contribution in [2.75, 3.05) is 7.11 Å². The fraction of sp³-hybridized carbons (Fsp3) is 0.600. The summed E-state index contributed by atoms with van der Waals surface area (Å²) in [4.78, 5) is 0. The third kappa shape index (κ3) is 2.12. The van der Waals surface area contributed by atoms with Crippen molar-refractivity contribution in [3.8, 4) is 0 Å². The van der Waals surface area contributed by atoms with Gasteiger partial charge >= 0.3 is 0 Å². The van der Waals surface area contributed by atoms with E-state index in [0.717, 1.165) is 0 Å². The van der Waals surface area contributed by atoms with E-state index in [9.17, 15) is 0 Å². The molecule has 1 fully saturated rings. The summed E-state index contributed by atoms with van der Waals surface area (Å²) in [7, 11) is 1.75. The van der Waals surface area contributed by atoms with Crippen LogP contribution in [0.3, 0.4) is 0 Å². The average Bonchev–Trinajstić information content (AvgIpc) is 3.10. The first-order valence-electron chi connectivity index (χ1n) is 6.34. The standard InChI is InChI=1S/C15H23NO/c1-11(16)15(9-10-15)13-7-5-12(6-8-13)14(2,3)17-4/h5-8,11H,9-10,16H2,1-4H3. The molecule has 1 aliphatic rings. The molecule has 17 heavy (non-hydrogen) atoms. The molecule has 94 valence electrons. The molecule has 1 unspecified atom stereocenters. The van der Waals surface area contributed by atoms with Gasteiger partial charge in [0.25, 0.3) is 0 Å². The van der Waals surface area contributed by atoms with Crippen LogP contribution in [0.25, 0.3) is 0 Å². The summed E-state index contributed by atoms with van der Waals surface area (Å²) in [6, 6.07) is 9.00. The Morgan fingerprint density at radius 2 is 1.76 bits per heavy atom. The zero-order chi connectivity index (χ0) is 12.7. The number of hydrogen-bond acceptors (Lipinski definition) is 2. The minimum absolute atomic E-state index is 0.219. The number of benzene rings is 1. The fourth-order valence-corrected chi connectivity index (χ4v) is 2.46. The van der Waals surface area contributed by atoms with Crippen molar-refractivity contribution in [2.45, 2.75) is 50.7 Å². The monoisotopic (exact) mass is 233 g/mol. The van der Waals surface area contributed by atoms with E-state index in [1.54, 1.807) is 7.11 Å². The summed E-state index contributed by atoms with van der Waals surface area (Å²) in [5.41, 5.74) is 8.71. The number of hydrogen-bond donors (Lipinski definition) is 1. The highest BCUT2D eigenvalue weighted by molar-refractivity contribution is 5.36. The Balaban J connectivity index is 2.25. The number of rotatable bonds is 4. The van der Waals surface area contributed by atoms with E-state index in [1.807, 2.05) is 0 Å². The van der Waals surface area contributed by atoms with Crippen molar-refractivity contribution < 1.29 is 4.74 Å². The van der Waals surface area contributed by atoms with Crippen LogP contribution >= 0.6 is 0 Å². The van der Waals surface area contributed by atoms with E-state index in [2.05, 4.69) is 45.0 Å². The van der Waals surface area contributed by atoms with Crippen LogP contribution in [-0.2, 0) is 15.8 Å². The van der Waals surface area contributed by atoms with E-state index >= 15 is 0 Å². The zero-order valence-electron chi connectivity index (χ0n) is 11.3. The van der Waals surface area contributed by atoms with Crippen LogP contribution < -0.4 is 5.73 Å². The third-order valence-electron chi connectivity index (χ3n) is 4.33. The molecule has 2 rings (SSSR count). The Kier molecular flexibility index (Phi) is 3.04. The zero-order valence-corrected chi connectivity index (χ0v) is 11.3. The minimum Gasteiger partial charge on any atom is -0.374 e. The molecule has 1 aromatic carbocycles. The van der Waals surface area contributed by atoms with E-state index in [4.69, 9.17) is 10.5 Å². The van der Waals surface area contributed by atoms with Crippen molar-refractivity contribution in [1.29, 1.82) is 0 Å². The molecule has 0 aromatic heterocycles. The Morgan fingerprint density at radius 1 is 1.24 bits per heavy atom. The first-order valence-corrected chi connectivity index (χ1v) is 6.34. The van der Waals surface area contributed by atoms with Gasteiger partial charge in [0.2, 0.25) is 0 Å². The number of nitrogens with two attached hydrogens (primary N) is 1. The van der Waals surface area contributed by atoms with E-state index in [1.165, 1.54) is 24.0 Å². The fourth-order valence-electron chi connectivity index (χ4n) is 2.46. The SMILES string of the molecule is COC(C)(C)c1ccc(C2(C(C)N)CC2)cc1. The average molecular weight is 233 g/mol. The summed E-state index contributed by atoms with van der Waals surface area (Å²) in [5.74, 6) is 0. The maximum Gasteiger partial charge on any atom is 0.0871 e. The maximum absolute atomic E-state index is 6.09. The van der Waals surface area contributed by atoms with Crippen molar-refractivity contribution in [1.82, 2.24) is 0 Å². The van der Waals surface area contributed by atoms with Gasteiger partial charge in [-0.3, -0.25) is 0 Å². The van der Waals surface area contributed by atoms with Crippen molar-refractivity contribution in [2.24, 2.45) is 5.73 Å². The van der Waals surface area contributed by atoms with Crippen LogP contribution in [0.2, 0.25) is 0 Å². The van der Waals surface area contributed by atoms with Crippen molar-refractivity contribution in [3.63, 3.8) is 0 Å². The smallest absolute Gasteiger partial charge is 0.0871 e. The molecular weight excluding hydrogens is 210 g/mol. The molecule has 2 N–H and O–H groups in total. The first kappa shape index (κ1) is 12.6. The van der Waals surface area contributed by atoms with E-state index in [0.29, 0.717) is 0 Å². The van der Waals surface area contributed by atoms with Crippen LogP contribution in [0.5, 0.6) is 0 Å². The molecule has 0 bridgehead atoms. The van der Waals surface area contributed by atoms with Gasteiger partial charge in [-0.15, -0.1) is 0 Å². The second kappa shape index (κ2) is 4.11. The molecule has 0 amide bonds. The van der Waals surface area contributed by atoms with Gasteiger partial charge in [-0.05, 0) is 44.7 Å². The van der Waals surface area contributed by atoms with E-state index < -0.39 is 0 Å². The summed E-state index contributed by atoms with van der Waals surface area (Å²) < 4.78 is 5.49. The molecular formula is C15H23NO. The van der Waals surface area contributed by atoms with Crippen molar-refractivity contribution in [3.05, 3.63) is 35.4 Å². The highest BCUT2D eigenvalue weighted by Crippen LogP contribution is 2.50. The Morgan fingerprint density at radius 3 is 2.12 bits per heavy atom. The van der Waals surface area contributed by atoms with Gasteiger partial charge in [0.05, 0.1) is 5.60 Å². The molecule has 1 aliphatic carbocycles. The molecule has 0 aliphatic heterocycles. The van der Waals surface area contributed by atoms with Gasteiger partial charge < -0.3 is 10.5 Å². The molecule has 0 spiro atoms. The molecule has 0 radical (unpaired) electrons. The van der Waals surface area contributed by atoms with Crippen molar-refractivity contribution >= 4 is 0 Å². The molecule has 1 aromatic rings. The molecule has 2 heteroatoms. The van der Waals surface area contributed by atoms with Gasteiger partial charge in [-0.1, -0.05) is 24.3 Å². The van der Waals surface area contributed by atoms with E-state index in [-0.39, 0.29) is 17.1 Å². The quantitative estimate of drug-likeness (QED) is 0.867. The molecule has 1 atom stereocenters. The molecule has 0 heterocycles. The Labute approximate surface area is 104 Å². The second-order valence-corrected chi connectivity index (χ2v) is 5.74. The van der Waals surface area contributed by atoms with Crippen LogP contribution in [0.15, 0.2) is 24.3 Å².